The van der Waals surface area contributed by atoms with Crippen LogP contribution < -0.4 is 29.0 Å². The van der Waals surface area contributed by atoms with Crippen LogP contribution in [0.2, 0.25) is 5.02 Å². The van der Waals surface area contributed by atoms with Crippen LogP contribution >= 0.6 is 46.0 Å². The molecule has 12 heteroatoms. The molecule has 210 valence electrons. The van der Waals surface area contributed by atoms with E-state index in [0.29, 0.717) is 21.2 Å². The van der Waals surface area contributed by atoms with Gasteiger partial charge in [-0.25, -0.2) is 4.57 Å². The first-order chi connectivity index (χ1) is 19.9. The largest absolute Gasteiger partial charge is 0.497 e. The molecule has 6 rings (SSSR count). The number of hydrogen-bond acceptors (Lipinski definition) is 8. The van der Waals surface area contributed by atoms with Crippen LogP contribution in [0.5, 0.6) is 5.75 Å². The summed E-state index contributed by atoms with van der Waals surface area (Å²) in [5.41, 5.74) is 2.80. The van der Waals surface area contributed by atoms with Crippen molar-refractivity contribution in [3.8, 4) is 5.75 Å². The predicted molar refractivity (Wildman–Crippen MR) is 170 cm³/mol. The molecule has 1 fully saturated rings. The highest BCUT2D eigenvalue weighted by Crippen LogP contribution is 2.35. The third-order valence-corrected chi connectivity index (χ3v) is 10.4. The van der Waals surface area contributed by atoms with E-state index in [1.165, 1.54) is 23.1 Å². The fourth-order valence-corrected chi connectivity index (χ4v) is 8.20. The molecule has 0 saturated carbocycles. The van der Waals surface area contributed by atoms with E-state index in [2.05, 4.69) is 4.57 Å². The molecule has 0 radical (unpaired) electrons. The van der Waals surface area contributed by atoms with Crippen molar-refractivity contribution >= 4 is 83.0 Å². The number of hydrogen-bond donors (Lipinski definition) is 0. The summed E-state index contributed by atoms with van der Waals surface area (Å²) >= 11 is 10.7. The first-order valence-electron chi connectivity index (χ1n) is 12.8. The van der Waals surface area contributed by atoms with Crippen LogP contribution in [0.1, 0.15) is 6.92 Å². The Morgan fingerprint density at radius 1 is 1.15 bits per heavy atom. The van der Waals surface area contributed by atoms with Crippen LogP contribution in [0.25, 0.3) is 21.0 Å². The van der Waals surface area contributed by atoms with Crippen LogP contribution in [-0.2, 0) is 18.3 Å². The number of amidine groups is 1. The summed E-state index contributed by atoms with van der Waals surface area (Å²) in [5.74, 6) is 0.769. The van der Waals surface area contributed by atoms with Gasteiger partial charge in [-0.3, -0.25) is 14.3 Å². The number of aliphatic imine (C=N–C) groups is 1. The average Bonchev–Trinajstić information content (AvgIpc) is 3.48. The second kappa shape index (κ2) is 11.4. The summed E-state index contributed by atoms with van der Waals surface area (Å²) in [4.78, 5) is 22.6. The lowest BCUT2D eigenvalue weighted by atomic mass is 10.3. The third-order valence-electron chi connectivity index (χ3n) is 6.75. The molecule has 0 amide bonds. The lowest BCUT2D eigenvalue weighted by molar-refractivity contribution is -0.627. The van der Waals surface area contributed by atoms with E-state index in [-0.39, 0.29) is 12.3 Å². The van der Waals surface area contributed by atoms with Crippen molar-refractivity contribution < 1.29 is 14.0 Å². The highest BCUT2D eigenvalue weighted by Gasteiger charge is 2.31. The van der Waals surface area contributed by atoms with Gasteiger partial charge in [0.15, 0.2) is 11.8 Å². The number of anilines is 1. The number of likely N-dealkylation sites (N-methyl/N-ethyl adjacent to an activating group) is 1. The van der Waals surface area contributed by atoms with Crippen LogP contribution in [0, 0.1) is 0 Å². The van der Waals surface area contributed by atoms with Crippen molar-refractivity contribution in [1.29, 1.82) is 0 Å². The second-order valence-electron chi connectivity index (χ2n) is 9.22. The number of rotatable bonds is 4. The minimum absolute atomic E-state index is 0.0325. The summed E-state index contributed by atoms with van der Waals surface area (Å²) < 4.78 is 18.0. The van der Waals surface area contributed by atoms with Crippen LogP contribution in [-0.4, -0.2) is 35.5 Å². The fraction of sp³-hybridized carbons (Fsp3) is 0.207. The highest BCUT2D eigenvalue weighted by molar-refractivity contribution is 8.21. The van der Waals surface area contributed by atoms with E-state index in [4.69, 9.17) is 26.1 Å². The van der Waals surface area contributed by atoms with Gasteiger partial charge in [0, 0.05) is 42.3 Å². The Morgan fingerprint density at radius 3 is 2.68 bits per heavy atom. The molecular weight excluding hydrogens is 598 g/mol. The van der Waals surface area contributed by atoms with Crippen molar-refractivity contribution in [3.63, 3.8) is 0 Å². The molecule has 41 heavy (non-hydrogen) atoms. The number of methoxy groups -OCH3 is 1. The summed E-state index contributed by atoms with van der Waals surface area (Å²) in [5, 5.41) is 2.89. The Balaban J connectivity index is 1.52. The second-order valence-corrected chi connectivity index (χ2v) is 12.6. The maximum absolute atomic E-state index is 13.5. The van der Waals surface area contributed by atoms with Crippen LogP contribution in [0.3, 0.4) is 0 Å². The number of allylic oxidation sites excluding steroid dienone is 2. The van der Waals surface area contributed by atoms with Gasteiger partial charge in [0.25, 0.3) is 10.7 Å². The number of aromatic nitrogens is 2. The first-order valence-corrected chi connectivity index (χ1v) is 15.7. The van der Waals surface area contributed by atoms with Gasteiger partial charge in [-0.2, -0.15) is 0 Å². The van der Waals surface area contributed by atoms with Crippen molar-refractivity contribution in [1.82, 2.24) is 9.47 Å². The zero-order valence-electron chi connectivity index (χ0n) is 22.8. The number of thioether (sulfide) groups is 1. The van der Waals surface area contributed by atoms with Gasteiger partial charge in [-0.1, -0.05) is 17.7 Å². The number of benzene rings is 2. The maximum Gasteiger partial charge on any atom is 0.385 e. The molecule has 2 aromatic heterocycles. The molecular formula is C29H27ClN5O3S3+. The van der Waals surface area contributed by atoms with Crippen molar-refractivity contribution in [2.24, 2.45) is 12.0 Å². The van der Waals surface area contributed by atoms with Crippen molar-refractivity contribution in [2.75, 3.05) is 25.8 Å². The van der Waals surface area contributed by atoms with Gasteiger partial charge in [0.1, 0.15) is 20.5 Å². The van der Waals surface area contributed by atoms with E-state index in [9.17, 15) is 4.79 Å². The number of aryl methyl sites for hydroxylation is 1. The van der Waals surface area contributed by atoms with Gasteiger partial charge in [-0.05, 0) is 77.9 Å². The monoisotopic (exact) mass is 624 g/mol. The zero-order chi connectivity index (χ0) is 28.7. The minimum atomic E-state index is -0.0325. The van der Waals surface area contributed by atoms with Gasteiger partial charge in [0.05, 0.1) is 24.6 Å². The smallest absolute Gasteiger partial charge is 0.385 e. The van der Waals surface area contributed by atoms with E-state index in [1.54, 1.807) is 23.0 Å². The van der Waals surface area contributed by atoms with E-state index in [0.717, 1.165) is 42.3 Å². The molecule has 2 aliphatic rings. The molecule has 4 aromatic rings. The average molecular weight is 625 g/mol. The standard InChI is InChI=1S/C29H27ClN5O3S3/c1-5-34-25(36)24(22-8-6-7-15-32(22)2)40-26(34)27-38-17-35(19-10-12-20(37-4)13-11-19)29(41-27)31-28-33(3)21-14-9-18(30)16-23(21)39-28/h6-16H,5,17H2,1-4H3/q+1/b24-22-,27-26-. The first kappa shape index (κ1) is 27.6. The van der Waals surface area contributed by atoms with E-state index in [1.807, 2.05) is 97.7 Å². The van der Waals surface area contributed by atoms with E-state index < -0.39 is 0 Å². The van der Waals surface area contributed by atoms with Gasteiger partial charge >= 0.3 is 5.13 Å². The number of ether oxygens (including phenoxy) is 2. The topological polar surface area (TPSA) is 63.2 Å². The number of thiazole rings is 2. The van der Waals surface area contributed by atoms with Gasteiger partial charge in [-0.15, -0.1) is 11.3 Å². The molecule has 2 aliphatic heterocycles. The molecule has 0 bridgehead atoms. The Labute approximate surface area is 254 Å². The summed E-state index contributed by atoms with van der Waals surface area (Å²) in [6.45, 7) is 2.73. The number of halogens is 1. The third kappa shape index (κ3) is 5.19. The molecule has 0 atom stereocenters. The fourth-order valence-electron chi connectivity index (χ4n) is 4.55. The SMILES string of the molecule is CCn1c(=O)/c(=C2\C=CC=CN2C)s/c1=C1/OCN(c2ccc(OC)cc2)C(=Nc2sc3cc(Cl)ccc3[n+]2C)S1. The lowest BCUT2D eigenvalue weighted by Gasteiger charge is -2.28. The van der Waals surface area contributed by atoms with Crippen molar-refractivity contribution in [2.45, 2.75) is 13.5 Å². The Bertz CT molecular complexity index is 1920. The molecule has 0 N–H and O–H groups in total. The molecule has 4 heterocycles. The summed E-state index contributed by atoms with van der Waals surface area (Å²) in [6, 6.07) is 13.6. The Morgan fingerprint density at radius 2 is 1.95 bits per heavy atom. The maximum atomic E-state index is 13.5. The molecule has 1 saturated heterocycles. The minimum Gasteiger partial charge on any atom is -0.497 e. The van der Waals surface area contributed by atoms with Crippen LogP contribution in [0.15, 0.2) is 76.7 Å². The summed E-state index contributed by atoms with van der Waals surface area (Å²) in [6.07, 6.45) is 7.80. The summed E-state index contributed by atoms with van der Waals surface area (Å²) in [7, 11) is 5.59. The van der Waals surface area contributed by atoms with E-state index >= 15 is 0 Å². The van der Waals surface area contributed by atoms with Crippen molar-refractivity contribution in [3.05, 3.63) is 91.5 Å². The normalized spacial score (nSPS) is 18.9. The molecule has 0 spiro atoms. The molecule has 8 nitrogen and oxygen atoms in total. The Kier molecular flexibility index (Phi) is 7.69. The zero-order valence-corrected chi connectivity index (χ0v) is 26.0. The van der Waals surface area contributed by atoms with Crippen LogP contribution in [0.4, 0.5) is 10.8 Å². The lowest BCUT2D eigenvalue weighted by Crippen LogP contribution is -2.38. The van der Waals surface area contributed by atoms with Gasteiger partial charge < -0.3 is 14.4 Å². The molecule has 2 aromatic carbocycles. The Hall–Kier alpha value is -3.51. The highest BCUT2D eigenvalue weighted by atomic mass is 35.5. The predicted octanol–water partition coefficient (Wildman–Crippen LogP) is 4.74. The quantitative estimate of drug-likeness (QED) is 0.306. The molecule has 0 unspecified atom stereocenters. The number of nitrogens with zero attached hydrogens (tertiary/aromatic N) is 5. The van der Waals surface area contributed by atoms with Gasteiger partial charge in [0.2, 0.25) is 0 Å². The number of fused-ring (bicyclic) bond motifs is 1. The molecule has 0 aliphatic carbocycles.